The summed E-state index contributed by atoms with van der Waals surface area (Å²) < 4.78 is 37.9. The van der Waals surface area contributed by atoms with Crippen molar-refractivity contribution in [2.45, 2.75) is 11.4 Å². The Morgan fingerprint density at radius 3 is 2.50 bits per heavy atom. The molecule has 0 fully saturated rings. The molecule has 3 aromatic carbocycles. The number of fused-ring (bicyclic) bond motifs is 1. The van der Waals surface area contributed by atoms with Crippen molar-refractivity contribution < 1.29 is 27.6 Å². The molecule has 1 aliphatic heterocycles. The summed E-state index contributed by atoms with van der Waals surface area (Å²) in [6, 6.07) is 15.9. The predicted molar refractivity (Wildman–Crippen MR) is 114 cm³/mol. The van der Waals surface area contributed by atoms with Gasteiger partial charge >= 0.3 is 0 Å². The van der Waals surface area contributed by atoms with Crippen LogP contribution >= 0.6 is 0 Å². The summed E-state index contributed by atoms with van der Waals surface area (Å²) >= 11 is 0. The lowest BCUT2D eigenvalue weighted by Gasteiger charge is -2.09. The Balaban J connectivity index is 1.39. The SMILES string of the molecule is O=C(NCc1ccc2c(c1)OCO2)c1ccc(NS(=O)(=O)c2cccc([N+](=O)[O-])c2)cc1. The molecule has 0 radical (unpaired) electrons. The molecule has 11 heteroatoms. The number of ether oxygens (including phenoxy) is 2. The highest BCUT2D eigenvalue weighted by molar-refractivity contribution is 7.92. The molecule has 0 saturated carbocycles. The number of anilines is 1. The molecule has 164 valence electrons. The molecule has 1 heterocycles. The van der Waals surface area contributed by atoms with Crippen molar-refractivity contribution in [1.29, 1.82) is 0 Å². The molecule has 4 rings (SSSR count). The van der Waals surface area contributed by atoms with Gasteiger partial charge in [0.15, 0.2) is 11.5 Å². The van der Waals surface area contributed by atoms with Crippen LogP contribution < -0.4 is 19.5 Å². The van der Waals surface area contributed by atoms with Gasteiger partial charge in [0.2, 0.25) is 6.79 Å². The van der Waals surface area contributed by atoms with Crippen LogP contribution in [0.4, 0.5) is 11.4 Å². The number of sulfonamides is 1. The third-order valence-corrected chi connectivity index (χ3v) is 6.01. The average molecular weight is 455 g/mol. The van der Waals surface area contributed by atoms with Crippen molar-refractivity contribution in [3.8, 4) is 11.5 Å². The molecule has 32 heavy (non-hydrogen) atoms. The van der Waals surface area contributed by atoms with Gasteiger partial charge in [-0.1, -0.05) is 12.1 Å². The number of carbonyl (C=O) groups is 1. The minimum atomic E-state index is -4.03. The van der Waals surface area contributed by atoms with Gasteiger partial charge in [0.25, 0.3) is 21.6 Å². The van der Waals surface area contributed by atoms with Gasteiger partial charge < -0.3 is 14.8 Å². The summed E-state index contributed by atoms with van der Waals surface area (Å²) in [7, 11) is -4.03. The fourth-order valence-electron chi connectivity index (χ4n) is 3.00. The van der Waals surface area contributed by atoms with Crippen LogP contribution in [0.1, 0.15) is 15.9 Å². The standard InChI is InChI=1S/C21H17N3O7S/c25-21(22-12-14-4-9-19-20(10-14)31-13-30-19)15-5-7-16(8-6-15)23-32(28,29)18-3-1-2-17(11-18)24(26)27/h1-11,23H,12-13H2,(H,22,25). The zero-order valence-corrected chi connectivity index (χ0v) is 17.3. The number of non-ortho nitro benzene ring substituents is 1. The van der Waals surface area contributed by atoms with Crippen LogP contribution in [0.15, 0.2) is 71.6 Å². The number of hydrogen-bond acceptors (Lipinski definition) is 7. The molecular weight excluding hydrogens is 438 g/mol. The Bertz CT molecular complexity index is 1290. The first kappa shape index (κ1) is 21.1. The Morgan fingerprint density at radius 2 is 1.75 bits per heavy atom. The normalized spacial score (nSPS) is 12.2. The van der Waals surface area contributed by atoms with Crippen LogP contribution in [-0.2, 0) is 16.6 Å². The van der Waals surface area contributed by atoms with Gasteiger partial charge in [-0.3, -0.25) is 19.6 Å². The second kappa shape index (κ2) is 8.55. The van der Waals surface area contributed by atoms with Gasteiger partial charge in [0.1, 0.15) is 0 Å². The number of hydrogen-bond donors (Lipinski definition) is 2. The summed E-state index contributed by atoms with van der Waals surface area (Å²) in [5.41, 5.74) is 1.05. The van der Waals surface area contributed by atoms with Crippen LogP contribution in [0.5, 0.6) is 11.5 Å². The van der Waals surface area contributed by atoms with E-state index < -0.39 is 14.9 Å². The van der Waals surface area contributed by atoms with Crippen LogP contribution in [0.25, 0.3) is 0 Å². The highest BCUT2D eigenvalue weighted by Crippen LogP contribution is 2.32. The van der Waals surface area contributed by atoms with E-state index in [0.717, 1.165) is 11.6 Å². The van der Waals surface area contributed by atoms with Crippen molar-refractivity contribution in [3.63, 3.8) is 0 Å². The smallest absolute Gasteiger partial charge is 0.270 e. The summed E-state index contributed by atoms with van der Waals surface area (Å²) in [4.78, 5) is 22.4. The summed E-state index contributed by atoms with van der Waals surface area (Å²) in [5.74, 6) is 0.941. The average Bonchev–Trinajstić information content (AvgIpc) is 3.26. The first-order valence-electron chi connectivity index (χ1n) is 9.36. The van der Waals surface area contributed by atoms with Gasteiger partial charge in [0, 0.05) is 29.9 Å². The highest BCUT2D eigenvalue weighted by Gasteiger charge is 2.18. The third kappa shape index (κ3) is 4.62. The predicted octanol–water partition coefficient (Wildman–Crippen LogP) is 3.05. The Morgan fingerprint density at radius 1 is 1.00 bits per heavy atom. The van der Waals surface area contributed by atoms with Crippen molar-refractivity contribution in [1.82, 2.24) is 5.32 Å². The van der Waals surface area contributed by atoms with E-state index >= 15 is 0 Å². The largest absolute Gasteiger partial charge is 0.454 e. The number of carbonyl (C=O) groups excluding carboxylic acids is 1. The van der Waals surface area contributed by atoms with E-state index in [1.807, 2.05) is 6.07 Å². The van der Waals surface area contributed by atoms with Gasteiger partial charge in [-0.2, -0.15) is 0 Å². The summed E-state index contributed by atoms with van der Waals surface area (Å²) in [6.45, 7) is 0.444. The Hall–Kier alpha value is -4.12. The van der Waals surface area contributed by atoms with E-state index in [4.69, 9.17) is 9.47 Å². The van der Waals surface area contributed by atoms with Gasteiger partial charge in [-0.05, 0) is 48.0 Å². The fraction of sp³-hybridized carbons (Fsp3) is 0.0952. The second-order valence-corrected chi connectivity index (χ2v) is 8.49. The van der Waals surface area contributed by atoms with Crippen LogP contribution in [-0.4, -0.2) is 26.0 Å². The van der Waals surface area contributed by atoms with Crippen LogP contribution in [0.2, 0.25) is 0 Å². The molecule has 3 aromatic rings. The second-order valence-electron chi connectivity index (χ2n) is 6.81. The van der Waals surface area contributed by atoms with Gasteiger partial charge in [-0.25, -0.2) is 8.42 Å². The molecule has 0 aromatic heterocycles. The summed E-state index contributed by atoms with van der Waals surface area (Å²) in [6.07, 6.45) is 0. The van der Waals surface area contributed by atoms with Crippen LogP contribution in [0.3, 0.4) is 0 Å². The molecule has 10 nitrogen and oxygen atoms in total. The molecule has 0 saturated heterocycles. The van der Waals surface area contributed by atoms with Gasteiger partial charge in [-0.15, -0.1) is 0 Å². The maximum absolute atomic E-state index is 12.5. The molecule has 0 aliphatic carbocycles. The monoisotopic (exact) mass is 455 g/mol. The number of nitro benzene ring substituents is 1. The lowest BCUT2D eigenvalue weighted by molar-refractivity contribution is -0.385. The maximum Gasteiger partial charge on any atom is 0.270 e. The third-order valence-electron chi connectivity index (χ3n) is 4.63. The van der Waals surface area contributed by atoms with Crippen molar-refractivity contribution in [2.24, 2.45) is 0 Å². The number of rotatable bonds is 7. The number of nitrogens with one attached hydrogen (secondary N) is 2. The molecule has 0 bridgehead atoms. The molecule has 0 atom stereocenters. The minimum absolute atomic E-state index is 0.169. The molecule has 0 unspecified atom stereocenters. The molecule has 1 amide bonds. The highest BCUT2D eigenvalue weighted by atomic mass is 32.2. The fourth-order valence-corrected chi connectivity index (χ4v) is 4.10. The first-order valence-corrected chi connectivity index (χ1v) is 10.8. The number of benzene rings is 3. The maximum atomic E-state index is 12.5. The minimum Gasteiger partial charge on any atom is -0.454 e. The molecule has 2 N–H and O–H groups in total. The van der Waals surface area contributed by atoms with Crippen molar-refractivity contribution in [2.75, 3.05) is 11.5 Å². The molecular formula is C21H17N3O7S. The first-order chi connectivity index (χ1) is 15.3. The number of amides is 1. The van der Waals surface area contributed by atoms with E-state index in [1.54, 1.807) is 12.1 Å². The van der Waals surface area contributed by atoms with E-state index in [1.165, 1.54) is 42.5 Å². The zero-order chi connectivity index (χ0) is 22.7. The summed E-state index contributed by atoms with van der Waals surface area (Å²) in [5, 5.41) is 13.7. The Labute approximate surface area is 183 Å². The van der Waals surface area contributed by atoms with Crippen molar-refractivity contribution in [3.05, 3.63) is 88.0 Å². The Kier molecular flexibility index (Phi) is 5.65. The van der Waals surface area contributed by atoms with Crippen molar-refractivity contribution >= 4 is 27.3 Å². The lowest BCUT2D eigenvalue weighted by Crippen LogP contribution is -2.22. The van der Waals surface area contributed by atoms with E-state index in [-0.39, 0.29) is 35.5 Å². The molecule has 1 aliphatic rings. The zero-order valence-electron chi connectivity index (χ0n) is 16.5. The van der Waals surface area contributed by atoms with Crippen LogP contribution in [0, 0.1) is 10.1 Å². The quantitative estimate of drug-likeness (QED) is 0.413. The topological polar surface area (TPSA) is 137 Å². The van der Waals surface area contributed by atoms with Gasteiger partial charge in [0.05, 0.1) is 9.82 Å². The number of nitro groups is 1. The lowest BCUT2D eigenvalue weighted by atomic mass is 10.1. The number of nitrogens with zero attached hydrogens (tertiary/aromatic N) is 1. The van der Waals surface area contributed by atoms with E-state index in [9.17, 15) is 23.3 Å². The molecule has 0 spiro atoms. The van der Waals surface area contributed by atoms with E-state index in [0.29, 0.717) is 17.1 Å². The van der Waals surface area contributed by atoms with E-state index in [2.05, 4.69) is 10.0 Å².